The number of hydrogen-bond donors (Lipinski definition) is 3. The summed E-state index contributed by atoms with van der Waals surface area (Å²) in [6, 6.07) is 8.34. The Morgan fingerprint density at radius 3 is 2.75 bits per heavy atom. The number of benzene rings is 1. The average molecular weight is 295 g/mol. The summed E-state index contributed by atoms with van der Waals surface area (Å²) in [5, 5.41) is 14.8. The van der Waals surface area contributed by atoms with Crippen LogP contribution in [0.5, 0.6) is 0 Å². The summed E-state index contributed by atoms with van der Waals surface area (Å²) in [4.78, 5) is 2.41. The SMILES string of the molecule is CN1CCCC1CCNC(=N)NCc1ccc(Cl)cc1. The van der Waals surface area contributed by atoms with Crippen LogP contribution in [0.25, 0.3) is 0 Å². The molecule has 0 aliphatic carbocycles. The molecular weight excluding hydrogens is 272 g/mol. The van der Waals surface area contributed by atoms with Crippen LogP contribution in [-0.4, -0.2) is 37.0 Å². The van der Waals surface area contributed by atoms with E-state index in [1.807, 2.05) is 24.3 Å². The standard InChI is InChI=1S/C15H23ClN4/c1-20-10-2-3-14(20)8-9-18-15(17)19-11-12-4-6-13(16)7-5-12/h4-7,14H,2-3,8-11H2,1H3,(H3,17,18,19). The summed E-state index contributed by atoms with van der Waals surface area (Å²) in [5.41, 5.74) is 1.12. The first kappa shape index (κ1) is 15.1. The number of likely N-dealkylation sites (tertiary alicyclic amines) is 1. The Morgan fingerprint density at radius 2 is 2.10 bits per heavy atom. The maximum atomic E-state index is 7.84. The summed E-state index contributed by atoms with van der Waals surface area (Å²) in [7, 11) is 2.18. The third-order valence-corrected chi connectivity index (χ3v) is 4.09. The van der Waals surface area contributed by atoms with Crippen molar-refractivity contribution in [1.29, 1.82) is 5.41 Å². The van der Waals surface area contributed by atoms with Crippen LogP contribution >= 0.6 is 11.6 Å². The van der Waals surface area contributed by atoms with Crippen LogP contribution in [0.3, 0.4) is 0 Å². The molecule has 0 radical (unpaired) electrons. The van der Waals surface area contributed by atoms with E-state index in [4.69, 9.17) is 17.0 Å². The van der Waals surface area contributed by atoms with Gasteiger partial charge < -0.3 is 15.5 Å². The molecule has 110 valence electrons. The Bertz CT molecular complexity index is 432. The van der Waals surface area contributed by atoms with Crippen molar-refractivity contribution in [3.05, 3.63) is 34.9 Å². The van der Waals surface area contributed by atoms with Gasteiger partial charge in [0, 0.05) is 24.2 Å². The van der Waals surface area contributed by atoms with Crippen molar-refractivity contribution in [1.82, 2.24) is 15.5 Å². The highest BCUT2D eigenvalue weighted by Gasteiger charge is 2.19. The molecule has 0 bridgehead atoms. The van der Waals surface area contributed by atoms with Crippen LogP contribution in [-0.2, 0) is 6.54 Å². The third-order valence-electron chi connectivity index (χ3n) is 3.83. The molecule has 5 heteroatoms. The fourth-order valence-electron chi connectivity index (χ4n) is 2.56. The Labute approximate surface area is 126 Å². The van der Waals surface area contributed by atoms with E-state index in [-0.39, 0.29) is 0 Å². The quantitative estimate of drug-likeness (QED) is 0.577. The van der Waals surface area contributed by atoms with Gasteiger partial charge in [-0.1, -0.05) is 23.7 Å². The monoisotopic (exact) mass is 294 g/mol. The predicted molar refractivity (Wildman–Crippen MR) is 84.3 cm³/mol. The first-order valence-corrected chi connectivity index (χ1v) is 7.54. The lowest BCUT2D eigenvalue weighted by Gasteiger charge is -2.19. The van der Waals surface area contributed by atoms with E-state index in [2.05, 4.69) is 22.6 Å². The van der Waals surface area contributed by atoms with Gasteiger partial charge in [-0.15, -0.1) is 0 Å². The molecule has 1 heterocycles. The largest absolute Gasteiger partial charge is 0.357 e. The number of rotatable bonds is 5. The molecule has 2 rings (SSSR count). The first-order chi connectivity index (χ1) is 9.65. The number of guanidine groups is 1. The summed E-state index contributed by atoms with van der Waals surface area (Å²) in [5.74, 6) is 0.389. The smallest absolute Gasteiger partial charge is 0.188 e. The molecule has 1 aliphatic rings. The summed E-state index contributed by atoms with van der Waals surface area (Å²) >= 11 is 5.84. The zero-order chi connectivity index (χ0) is 14.4. The minimum atomic E-state index is 0.389. The van der Waals surface area contributed by atoms with Gasteiger partial charge >= 0.3 is 0 Å². The van der Waals surface area contributed by atoms with Crippen molar-refractivity contribution in [2.24, 2.45) is 0 Å². The lowest BCUT2D eigenvalue weighted by atomic mass is 10.1. The number of nitrogens with one attached hydrogen (secondary N) is 3. The summed E-state index contributed by atoms with van der Waals surface area (Å²) in [6.45, 7) is 2.70. The van der Waals surface area contributed by atoms with Gasteiger partial charge in [0.1, 0.15) is 0 Å². The maximum Gasteiger partial charge on any atom is 0.188 e. The van der Waals surface area contributed by atoms with Crippen LogP contribution in [0.2, 0.25) is 5.02 Å². The Hall–Kier alpha value is -1.26. The fourth-order valence-corrected chi connectivity index (χ4v) is 2.69. The summed E-state index contributed by atoms with van der Waals surface area (Å²) < 4.78 is 0. The normalized spacial score (nSPS) is 19.0. The third kappa shape index (κ3) is 4.69. The molecule has 1 aromatic carbocycles. The molecular formula is C15H23ClN4. The van der Waals surface area contributed by atoms with Crippen molar-refractivity contribution in [2.75, 3.05) is 20.1 Å². The molecule has 1 aromatic rings. The lowest BCUT2D eigenvalue weighted by molar-refractivity contribution is 0.297. The van der Waals surface area contributed by atoms with E-state index in [0.29, 0.717) is 18.5 Å². The van der Waals surface area contributed by atoms with Crippen molar-refractivity contribution in [3.8, 4) is 0 Å². The van der Waals surface area contributed by atoms with Crippen LogP contribution in [0.4, 0.5) is 0 Å². The number of nitrogens with zero attached hydrogens (tertiary/aromatic N) is 1. The Kier molecular flexibility index (Phi) is 5.68. The highest BCUT2D eigenvalue weighted by molar-refractivity contribution is 6.30. The number of halogens is 1. The molecule has 3 N–H and O–H groups in total. The lowest BCUT2D eigenvalue weighted by Crippen LogP contribution is -2.38. The predicted octanol–water partition coefficient (Wildman–Crippen LogP) is 2.44. The van der Waals surface area contributed by atoms with Crippen LogP contribution in [0.1, 0.15) is 24.8 Å². The minimum absolute atomic E-state index is 0.389. The van der Waals surface area contributed by atoms with E-state index >= 15 is 0 Å². The van der Waals surface area contributed by atoms with Gasteiger partial charge in [0.05, 0.1) is 0 Å². The van der Waals surface area contributed by atoms with Gasteiger partial charge in [-0.25, -0.2) is 0 Å². The second-order valence-corrected chi connectivity index (χ2v) is 5.78. The van der Waals surface area contributed by atoms with Gasteiger partial charge in [-0.2, -0.15) is 0 Å². The van der Waals surface area contributed by atoms with Crippen molar-refractivity contribution in [2.45, 2.75) is 31.8 Å². The zero-order valence-electron chi connectivity index (χ0n) is 12.0. The first-order valence-electron chi connectivity index (χ1n) is 7.16. The Morgan fingerprint density at radius 1 is 1.35 bits per heavy atom. The highest BCUT2D eigenvalue weighted by Crippen LogP contribution is 2.16. The van der Waals surface area contributed by atoms with Gasteiger partial charge in [0.15, 0.2) is 5.96 Å². The van der Waals surface area contributed by atoms with Gasteiger partial charge in [-0.3, -0.25) is 5.41 Å². The van der Waals surface area contributed by atoms with E-state index in [1.54, 1.807) is 0 Å². The molecule has 0 saturated carbocycles. The van der Waals surface area contributed by atoms with Crippen molar-refractivity contribution < 1.29 is 0 Å². The van der Waals surface area contributed by atoms with E-state index in [9.17, 15) is 0 Å². The molecule has 20 heavy (non-hydrogen) atoms. The highest BCUT2D eigenvalue weighted by atomic mass is 35.5. The molecule has 4 nitrogen and oxygen atoms in total. The second-order valence-electron chi connectivity index (χ2n) is 5.35. The zero-order valence-corrected chi connectivity index (χ0v) is 12.7. The molecule has 0 aromatic heterocycles. The van der Waals surface area contributed by atoms with E-state index < -0.39 is 0 Å². The van der Waals surface area contributed by atoms with Crippen LogP contribution in [0, 0.1) is 5.41 Å². The minimum Gasteiger partial charge on any atom is -0.357 e. The maximum absolute atomic E-state index is 7.84. The fraction of sp³-hybridized carbons (Fsp3) is 0.533. The van der Waals surface area contributed by atoms with E-state index in [0.717, 1.165) is 23.6 Å². The van der Waals surface area contributed by atoms with Crippen molar-refractivity contribution in [3.63, 3.8) is 0 Å². The van der Waals surface area contributed by atoms with Gasteiger partial charge in [0.2, 0.25) is 0 Å². The molecule has 1 aliphatic heterocycles. The average Bonchev–Trinajstić information content (AvgIpc) is 2.84. The molecule has 0 amide bonds. The van der Waals surface area contributed by atoms with Gasteiger partial charge in [0.25, 0.3) is 0 Å². The summed E-state index contributed by atoms with van der Waals surface area (Å²) in [6.07, 6.45) is 3.68. The molecule has 1 saturated heterocycles. The Balaban J connectivity index is 1.61. The molecule has 1 unspecified atom stereocenters. The molecule has 0 spiro atoms. The molecule has 1 atom stereocenters. The molecule has 1 fully saturated rings. The van der Waals surface area contributed by atoms with E-state index in [1.165, 1.54) is 19.4 Å². The number of hydrogen-bond acceptors (Lipinski definition) is 2. The van der Waals surface area contributed by atoms with Gasteiger partial charge in [-0.05, 0) is 50.6 Å². The topological polar surface area (TPSA) is 51.2 Å². The van der Waals surface area contributed by atoms with Crippen molar-refractivity contribution >= 4 is 17.6 Å². The van der Waals surface area contributed by atoms with Crippen LogP contribution in [0.15, 0.2) is 24.3 Å². The second kappa shape index (κ2) is 7.50. The van der Waals surface area contributed by atoms with Crippen LogP contribution < -0.4 is 10.6 Å².